The maximum absolute atomic E-state index is 6.28. The van der Waals surface area contributed by atoms with Crippen molar-refractivity contribution in [3.8, 4) is 0 Å². The van der Waals surface area contributed by atoms with Crippen LogP contribution >= 0.6 is 0 Å². The van der Waals surface area contributed by atoms with E-state index in [-0.39, 0.29) is 0 Å². The van der Waals surface area contributed by atoms with Gasteiger partial charge in [-0.1, -0.05) is 24.6 Å². The largest absolute Gasteiger partial charge is 0.327 e. The molecule has 1 nitrogen and oxygen atoms in total. The molecule has 0 aromatic heterocycles. The molecule has 0 heterocycles. The molecule has 1 aromatic carbocycles. The molecule has 0 amide bonds. The average Bonchev–Trinajstić information content (AvgIpc) is 2.88. The fourth-order valence-corrected chi connectivity index (χ4v) is 2.87. The summed E-state index contributed by atoms with van der Waals surface area (Å²) in [5.74, 6) is 1.61. The maximum atomic E-state index is 6.28. The van der Waals surface area contributed by atoms with Crippen LogP contribution in [0.3, 0.4) is 0 Å². The number of hydrogen-bond donors (Lipinski definition) is 1. The third-order valence-electron chi connectivity index (χ3n) is 4.00. The zero-order valence-electron chi connectivity index (χ0n) is 10.9. The van der Waals surface area contributed by atoms with E-state index in [0.717, 1.165) is 18.3 Å². The van der Waals surface area contributed by atoms with Crippen LogP contribution < -0.4 is 5.73 Å². The van der Waals surface area contributed by atoms with Crippen molar-refractivity contribution in [2.45, 2.75) is 46.6 Å². The summed E-state index contributed by atoms with van der Waals surface area (Å²) in [6, 6.07) is 4.90. The summed E-state index contributed by atoms with van der Waals surface area (Å²) in [6.07, 6.45) is 2.37. The SMILES string of the molecule is Cc1cc(C)c(CC(N)C2CC2C)c(C)c1. The molecule has 1 heteroatoms. The van der Waals surface area contributed by atoms with Crippen molar-refractivity contribution < 1.29 is 0 Å². The summed E-state index contributed by atoms with van der Waals surface area (Å²) in [4.78, 5) is 0. The van der Waals surface area contributed by atoms with Crippen LogP contribution in [0.2, 0.25) is 0 Å². The number of nitrogens with two attached hydrogens (primary N) is 1. The molecule has 88 valence electrons. The van der Waals surface area contributed by atoms with Gasteiger partial charge in [0, 0.05) is 6.04 Å². The van der Waals surface area contributed by atoms with E-state index in [4.69, 9.17) is 5.73 Å². The fourth-order valence-electron chi connectivity index (χ4n) is 2.87. The molecule has 0 radical (unpaired) electrons. The van der Waals surface area contributed by atoms with Crippen molar-refractivity contribution in [2.24, 2.45) is 17.6 Å². The van der Waals surface area contributed by atoms with Crippen molar-refractivity contribution in [1.82, 2.24) is 0 Å². The van der Waals surface area contributed by atoms with Crippen LogP contribution in [0, 0.1) is 32.6 Å². The van der Waals surface area contributed by atoms with Crippen LogP contribution in [0.1, 0.15) is 35.6 Å². The van der Waals surface area contributed by atoms with E-state index < -0.39 is 0 Å². The molecule has 1 aliphatic rings. The second-order valence-corrected chi connectivity index (χ2v) is 5.62. The quantitative estimate of drug-likeness (QED) is 0.827. The first-order valence-electron chi connectivity index (χ1n) is 6.31. The highest BCUT2D eigenvalue weighted by Crippen LogP contribution is 2.41. The van der Waals surface area contributed by atoms with Gasteiger partial charge in [0.15, 0.2) is 0 Å². The smallest absolute Gasteiger partial charge is 0.0111 e. The van der Waals surface area contributed by atoms with Crippen molar-refractivity contribution >= 4 is 0 Å². The summed E-state index contributed by atoms with van der Waals surface area (Å²) in [5, 5.41) is 0. The van der Waals surface area contributed by atoms with Crippen LogP contribution in [-0.4, -0.2) is 6.04 Å². The number of hydrogen-bond acceptors (Lipinski definition) is 1. The maximum Gasteiger partial charge on any atom is 0.0111 e. The Kier molecular flexibility index (Phi) is 3.07. The Labute approximate surface area is 99.0 Å². The first-order chi connectivity index (χ1) is 7.49. The molecule has 3 unspecified atom stereocenters. The standard InChI is InChI=1S/C15H23N/c1-9-5-10(2)13(11(3)6-9)8-15(16)14-7-12(14)4/h5-6,12,14-15H,7-8,16H2,1-4H3. The monoisotopic (exact) mass is 217 g/mol. The average molecular weight is 217 g/mol. The van der Waals surface area contributed by atoms with Gasteiger partial charge in [0.1, 0.15) is 0 Å². The number of benzene rings is 1. The molecule has 1 fully saturated rings. The second kappa shape index (κ2) is 4.21. The van der Waals surface area contributed by atoms with Gasteiger partial charge in [-0.3, -0.25) is 0 Å². The van der Waals surface area contributed by atoms with Gasteiger partial charge in [0.2, 0.25) is 0 Å². The van der Waals surface area contributed by atoms with E-state index in [2.05, 4.69) is 39.8 Å². The Balaban J connectivity index is 2.14. The van der Waals surface area contributed by atoms with Crippen LogP contribution in [-0.2, 0) is 6.42 Å². The van der Waals surface area contributed by atoms with Crippen molar-refractivity contribution in [2.75, 3.05) is 0 Å². The molecule has 0 saturated heterocycles. The topological polar surface area (TPSA) is 26.0 Å². The molecule has 2 rings (SSSR count). The van der Waals surface area contributed by atoms with Gasteiger partial charge in [-0.15, -0.1) is 0 Å². The number of aryl methyl sites for hydroxylation is 3. The molecule has 0 spiro atoms. The summed E-state index contributed by atoms with van der Waals surface area (Å²) < 4.78 is 0. The Morgan fingerprint density at radius 1 is 1.25 bits per heavy atom. The van der Waals surface area contributed by atoms with Gasteiger partial charge in [-0.05, 0) is 62.1 Å². The molecular formula is C15H23N. The summed E-state index contributed by atoms with van der Waals surface area (Å²) in [5.41, 5.74) is 11.9. The normalized spacial score (nSPS) is 25.6. The molecule has 3 atom stereocenters. The highest BCUT2D eigenvalue weighted by molar-refractivity contribution is 5.38. The molecule has 1 aliphatic carbocycles. The Morgan fingerprint density at radius 2 is 1.75 bits per heavy atom. The van der Waals surface area contributed by atoms with Gasteiger partial charge in [0.05, 0.1) is 0 Å². The predicted octanol–water partition coefficient (Wildman–Crippen LogP) is 3.14. The summed E-state index contributed by atoms with van der Waals surface area (Å²) >= 11 is 0. The van der Waals surface area contributed by atoms with Crippen LogP contribution in [0.5, 0.6) is 0 Å². The fraction of sp³-hybridized carbons (Fsp3) is 0.600. The number of rotatable bonds is 3. The Hall–Kier alpha value is -0.820. The molecular weight excluding hydrogens is 194 g/mol. The van der Waals surface area contributed by atoms with Gasteiger partial charge >= 0.3 is 0 Å². The molecule has 0 aliphatic heterocycles. The lowest BCUT2D eigenvalue weighted by molar-refractivity contribution is 0.558. The van der Waals surface area contributed by atoms with E-state index in [1.165, 1.54) is 28.7 Å². The lowest BCUT2D eigenvalue weighted by Gasteiger charge is -2.16. The van der Waals surface area contributed by atoms with Crippen LogP contribution in [0.4, 0.5) is 0 Å². The third-order valence-corrected chi connectivity index (χ3v) is 4.00. The first kappa shape index (κ1) is 11.7. The minimum atomic E-state index is 0.357. The van der Waals surface area contributed by atoms with E-state index in [9.17, 15) is 0 Å². The van der Waals surface area contributed by atoms with E-state index in [0.29, 0.717) is 6.04 Å². The Morgan fingerprint density at radius 3 is 2.19 bits per heavy atom. The summed E-state index contributed by atoms with van der Waals surface area (Å²) in [6.45, 7) is 8.88. The third kappa shape index (κ3) is 2.30. The Bertz CT molecular complexity index is 371. The second-order valence-electron chi connectivity index (χ2n) is 5.62. The van der Waals surface area contributed by atoms with Crippen molar-refractivity contribution in [3.63, 3.8) is 0 Å². The lowest BCUT2D eigenvalue weighted by atomic mass is 9.93. The molecule has 1 saturated carbocycles. The highest BCUT2D eigenvalue weighted by Gasteiger charge is 2.37. The van der Waals surface area contributed by atoms with Gasteiger partial charge in [-0.2, -0.15) is 0 Å². The van der Waals surface area contributed by atoms with E-state index >= 15 is 0 Å². The molecule has 16 heavy (non-hydrogen) atoms. The molecule has 2 N–H and O–H groups in total. The molecule has 0 bridgehead atoms. The minimum Gasteiger partial charge on any atom is -0.327 e. The predicted molar refractivity (Wildman–Crippen MR) is 69.6 cm³/mol. The minimum absolute atomic E-state index is 0.357. The van der Waals surface area contributed by atoms with Gasteiger partial charge in [-0.25, -0.2) is 0 Å². The van der Waals surface area contributed by atoms with Gasteiger partial charge in [0.25, 0.3) is 0 Å². The van der Waals surface area contributed by atoms with Crippen molar-refractivity contribution in [1.29, 1.82) is 0 Å². The zero-order valence-corrected chi connectivity index (χ0v) is 10.9. The van der Waals surface area contributed by atoms with E-state index in [1.54, 1.807) is 0 Å². The lowest BCUT2D eigenvalue weighted by Crippen LogP contribution is -2.26. The molecule has 1 aromatic rings. The summed E-state index contributed by atoms with van der Waals surface area (Å²) in [7, 11) is 0. The highest BCUT2D eigenvalue weighted by atomic mass is 14.7. The van der Waals surface area contributed by atoms with Crippen molar-refractivity contribution in [3.05, 3.63) is 34.4 Å². The van der Waals surface area contributed by atoms with Gasteiger partial charge < -0.3 is 5.73 Å². The zero-order chi connectivity index (χ0) is 11.9. The van der Waals surface area contributed by atoms with E-state index in [1.807, 2.05) is 0 Å². The van der Waals surface area contributed by atoms with Crippen LogP contribution in [0.15, 0.2) is 12.1 Å². The van der Waals surface area contributed by atoms with Crippen LogP contribution in [0.25, 0.3) is 0 Å². The first-order valence-corrected chi connectivity index (χ1v) is 6.31.